The molecule has 1 aromatic rings. The first-order valence-electron chi connectivity index (χ1n) is 5.51. The van der Waals surface area contributed by atoms with Crippen LogP contribution < -0.4 is 5.32 Å². The van der Waals surface area contributed by atoms with E-state index < -0.39 is 11.6 Å². The van der Waals surface area contributed by atoms with E-state index in [0.717, 1.165) is 18.7 Å². The molecule has 0 aromatic heterocycles. The Hall–Kier alpha value is -1.73. The number of allylic oxidation sites excluding steroid dienone is 1. The molecular weight excluding hydrogens is 222 g/mol. The highest BCUT2D eigenvalue weighted by molar-refractivity contribution is 5.80. The van der Waals surface area contributed by atoms with Crippen molar-refractivity contribution < 1.29 is 8.78 Å². The summed E-state index contributed by atoms with van der Waals surface area (Å²) in [5.74, 6) is -1.35. The lowest BCUT2D eigenvalue weighted by atomic mass is 9.94. The Bertz CT molecular complexity index is 472. The molecule has 1 aromatic carbocycles. The minimum Gasteiger partial charge on any atom is -0.316 e. The Morgan fingerprint density at radius 3 is 2.29 bits per heavy atom. The Balaban J connectivity index is 2.53. The molecule has 2 nitrogen and oxygen atoms in total. The van der Waals surface area contributed by atoms with Crippen molar-refractivity contribution in [2.45, 2.75) is 12.8 Å². The minimum atomic E-state index is -0.674. The Kier molecular flexibility index (Phi) is 3.50. The number of hydrogen-bond acceptors (Lipinski definition) is 2. The van der Waals surface area contributed by atoms with Crippen LogP contribution in [0.2, 0.25) is 0 Å². The van der Waals surface area contributed by atoms with Gasteiger partial charge >= 0.3 is 0 Å². The van der Waals surface area contributed by atoms with Gasteiger partial charge in [-0.25, -0.2) is 8.78 Å². The van der Waals surface area contributed by atoms with E-state index in [2.05, 4.69) is 5.32 Å². The highest BCUT2D eigenvalue weighted by atomic mass is 19.1. The van der Waals surface area contributed by atoms with Gasteiger partial charge < -0.3 is 5.32 Å². The van der Waals surface area contributed by atoms with Crippen molar-refractivity contribution in [2.24, 2.45) is 0 Å². The molecule has 1 N–H and O–H groups in total. The third kappa shape index (κ3) is 2.34. The molecule has 1 aliphatic heterocycles. The lowest BCUT2D eigenvalue weighted by molar-refractivity contribution is 0.574. The average molecular weight is 234 g/mol. The molecule has 1 aliphatic rings. The van der Waals surface area contributed by atoms with Crippen LogP contribution in [0.25, 0.3) is 5.57 Å². The predicted octanol–water partition coefficient (Wildman–Crippen LogP) is 2.63. The van der Waals surface area contributed by atoms with Crippen molar-refractivity contribution in [3.8, 4) is 6.07 Å². The van der Waals surface area contributed by atoms with Crippen LogP contribution >= 0.6 is 0 Å². The fraction of sp³-hybridized carbons (Fsp3) is 0.308. The molecular formula is C13H12F2N2. The molecule has 88 valence electrons. The van der Waals surface area contributed by atoms with Gasteiger partial charge in [0.2, 0.25) is 0 Å². The van der Waals surface area contributed by atoms with E-state index in [1.165, 1.54) is 18.2 Å². The van der Waals surface area contributed by atoms with E-state index >= 15 is 0 Å². The standard InChI is InChI=1S/C13H12F2N2/c14-11-2-1-3-12(15)13(11)10(8-16)9-4-6-17-7-5-9/h1-3,17H,4-7H2. The van der Waals surface area contributed by atoms with E-state index in [1.807, 2.05) is 6.07 Å². The molecule has 0 saturated carbocycles. The van der Waals surface area contributed by atoms with Gasteiger partial charge in [-0.3, -0.25) is 0 Å². The van der Waals surface area contributed by atoms with Gasteiger partial charge in [0.25, 0.3) is 0 Å². The van der Waals surface area contributed by atoms with Gasteiger partial charge in [0.05, 0.1) is 17.2 Å². The van der Waals surface area contributed by atoms with Crippen molar-refractivity contribution in [3.63, 3.8) is 0 Å². The van der Waals surface area contributed by atoms with Gasteiger partial charge in [0.15, 0.2) is 0 Å². The molecule has 0 amide bonds. The number of nitrogens with zero attached hydrogens (tertiary/aromatic N) is 1. The zero-order valence-electron chi connectivity index (χ0n) is 9.26. The van der Waals surface area contributed by atoms with Crippen molar-refractivity contribution in [3.05, 3.63) is 41.0 Å². The predicted molar refractivity (Wildman–Crippen MR) is 61.0 cm³/mol. The molecule has 1 heterocycles. The van der Waals surface area contributed by atoms with Crippen molar-refractivity contribution in [1.82, 2.24) is 5.32 Å². The van der Waals surface area contributed by atoms with Crippen LogP contribution in [-0.2, 0) is 0 Å². The second kappa shape index (κ2) is 5.07. The van der Waals surface area contributed by atoms with Gasteiger partial charge in [0.1, 0.15) is 11.6 Å². The summed E-state index contributed by atoms with van der Waals surface area (Å²) < 4.78 is 27.2. The van der Waals surface area contributed by atoms with Crippen LogP contribution in [0.1, 0.15) is 18.4 Å². The van der Waals surface area contributed by atoms with Crippen molar-refractivity contribution in [2.75, 3.05) is 13.1 Å². The first-order valence-corrected chi connectivity index (χ1v) is 5.51. The van der Waals surface area contributed by atoms with E-state index in [0.29, 0.717) is 12.8 Å². The van der Waals surface area contributed by atoms with Gasteiger partial charge in [-0.15, -0.1) is 0 Å². The van der Waals surface area contributed by atoms with Crippen LogP contribution in [0.4, 0.5) is 8.78 Å². The molecule has 17 heavy (non-hydrogen) atoms. The fourth-order valence-corrected chi connectivity index (χ4v) is 2.03. The number of benzene rings is 1. The molecule has 0 spiro atoms. The van der Waals surface area contributed by atoms with Crippen LogP contribution in [-0.4, -0.2) is 13.1 Å². The number of hydrogen-bond donors (Lipinski definition) is 1. The zero-order valence-corrected chi connectivity index (χ0v) is 9.26. The number of nitriles is 1. The Labute approximate surface area is 98.6 Å². The number of nitrogens with one attached hydrogen (secondary N) is 1. The molecule has 4 heteroatoms. The summed E-state index contributed by atoms with van der Waals surface area (Å²) in [6.45, 7) is 1.49. The Morgan fingerprint density at radius 2 is 1.76 bits per heavy atom. The maximum Gasteiger partial charge on any atom is 0.134 e. The van der Waals surface area contributed by atoms with Crippen LogP contribution in [0.3, 0.4) is 0 Å². The van der Waals surface area contributed by atoms with E-state index in [4.69, 9.17) is 5.26 Å². The summed E-state index contributed by atoms with van der Waals surface area (Å²) >= 11 is 0. The van der Waals surface area contributed by atoms with E-state index in [-0.39, 0.29) is 11.1 Å². The normalized spacial score (nSPS) is 15.5. The third-order valence-corrected chi connectivity index (χ3v) is 2.89. The highest BCUT2D eigenvalue weighted by Gasteiger charge is 2.18. The average Bonchev–Trinajstić information content (AvgIpc) is 2.35. The molecule has 0 unspecified atom stereocenters. The largest absolute Gasteiger partial charge is 0.316 e. The highest BCUT2D eigenvalue weighted by Crippen LogP contribution is 2.27. The first kappa shape index (κ1) is 11.7. The maximum absolute atomic E-state index is 13.6. The monoisotopic (exact) mass is 234 g/mol. The first-order chi connectivity index (χ1) is 8.24. The molecule has 0 atom stereocenters. The van der Waals surface area contributed by atoms with Crippen molar-refractivity contribution in [1.29, 1.82) is 5.26 Å². The van der Waals surface area contributed by atoms with E-state index in [9.17, 15) is 8.78 Å². The smallest absolute Gasteiger partial charge is 0.134 e. The molecule has 1 saturated heterocycles. The Morgan fingerprint density at radius 1 is 1.18 bits per heavy atom. The second-order valence-corrected chi connectivity index (χ2v) is 3.94. The lowest BCUT2D eigenvalue weighted by Crippen LogP contribution is -2.23. The van der Waals surface area contributed by atoms with Crippen LogP contribution in [0.15, 0.2) is 23.8 Å². The summed E-state index contributed by atoms with van der Waals surface area (Å²) in [6.07, 6.45) is 1.33. The van der Waals surface area contributed by atoms with Gasteiger partial charge in [0, 0.05) is 0 Å². The minimum absolute atomic E-state index is 0.155. The molecule has 0 aliphatic carbocycles. The summed E-state index contributed by atoms with van der Waals surface area (Å²) in [5.41, 5.74) is 0.796. The van der Waals surface area contributed by atoms with Gasteiger partial charge in [-0.1, -0.05) is 6.07 Å². The molecule has 2 rings (SSSR count). The molecule has 0 radical (unpaired) electrons. The van der Waals surface area contributed by atoms with Gasteiger partial charge in [-0.05, 0) is 43.6 Å². The molecule has 0 bridgehead atoms. The zero-order chi connectivity index (χ0) is 12.3. The quantitative estimate of drug-likeness (QED) is 0.758. The van der Waals surface area contributed by atoms with Crippen molar-refractivity contribution >= 4 is 5.57 Å². The fourth-order valence-electron chi connectivity index (χ4n) is 2.03. The number of piperidine rings is 1. The SMILES string of the molecule is N#CC(=C1CCNCC1)c1c(F)cccc1F. The number of halogens is 2. The lowest BCUT2D eigenvalue weighted by Gasteiger charge is -2.17. The topological polar surface area (TPSA) is 35.8 Å². The summed E-state index contributed by atoms with van der Waals surface area (Å²) in [6, 6.07) is 5.60. The van der Waals surface area contributed by atoms with Crippen LogP contribution in [0, 0.1) is 23.0 Å². The maximum atomic E-state index is 13.6. The second-order valence-electron chi connectivity index (χ2n) is 3.94. The summed E-state index contributed by atoms with van der Waals surface area (Å²) in [7, 11) is 0. The third-order valence-electron chi connectivity index (χ3n) is 2.89. The summed E-state index contributed by atoms with van der Waals surface area (Å²) in [5, 5.41) is 12.3. The van der Waals surface area contributed by atoms with E-state index in [1.54, 1.807) is 0 Å². The summed E-state index contributed by atoms with van der Waals surface area (Å²) in [4.78, 5) is 0. The van der Waals surface area contributed by atoms with Gasteiger partial charge in [-0.2, -0.15) is 5.26 Å². The van der Waals surface area contributed by atoms with Crippen LogP contribution in [0.5, 0.6) is 0 Å². The number of rotatable bonds is 1. The molecule has 1 fully saturated rings.